The van der Waals surface area contributed by atoms with Crippen LogP contribution in [0.1, 0.15) is 37.7 Å². The Morgan fingerprint density at radius 1 is 1.05 bits per heavy atom. The fraction of sp³-hybridized carbons (Fsp3) is 0.455. The van der Waals surface area contributed by atoms with Gasteiger partial charge in [-0.3, -0.25) is 4.90 Å². The molecule has 4 saturated heterocycles. The summed E-state index contributed by atoms with van der Waals surface area (Å²) >= 11 is 0. The van der Waals surface area contributed by atoms with Gasteiger partial charge < -0.3 is 20.1 Å². The van der Waals surface area contributed by atoms with Gasteiger partial charge in [-0.25, -0.2) is 17.6 Å². The van der Waals surface area contributed by atoms with Crippen molar-refractivity contribution < 1.29 is 27.4 Å². The largest absolute Gasteiger partial charge is 0.508 e. The van der Waals surface area contributed by atoms with Crippen LogP contribution < -0.4 is 15.0 Å². The van der Waals surface area contributed by atoms with Gasteiger partial charge in [-0.1, -0.05) is 12.1 Å². The highest BCUT2D eigenvalue weighted by Crippen LogP contribution is 2.44. The highest BCUT2D eigenvalue weighted by Gasteiger charge is 2.49. The topological polar surface area (TPSA) is 73.8 Å². The molecule has 230 valence electrons. The molecule has 4 fully saturated rings. The fourth-order valence-corrected chi connectivity index (χ4v) is 8.16. The highest BCUT2D eigenvalue weighted by molar-refractivity contribution is 6.03. The Balaban J connectivity index is 1.31. The second-order valence-electron chi connectivity index (χ2n) is 12.9. The number of phenolic OH excluding ortho intramolecular Hbond substituents is 1. The van der Waals surface area contributed by atoms with Gasteiger partial charge in [0.2, 0.25) is 0 Å². The number of nitrogens with one attached hydrogen (secondary N) is 1. The molecule has 1 aromatic heterocycles. The molecule has 11 heteroatoms. The number of hydrogen-bond donors (Lipinski definition) is 2. The number of halogens is 4. The van der Waals surface area contributed by atoms with E-state index in [1.54, 1.807) is 6.07 Å². The summed E-state index contributed by atoms with van der Waals surface area (Å²) in [5.74, 6) is -2.15. The van der Waals surface area contributed by atoms with E-state index < -0.39 is 29.2 Å². The van der Waals surface area contributed by atoms with Gasteiger partial charge in [0.1, 0.15) is 41.5 Å². The molecule has 2 bridgehead atoms. The Labute approximate surface area is 251 Å². The molecule has 4 aliphatic rings. The Morgan fingerprint density at radius 3 is 2.64 bits per heavy atom. The second-order valence-corrected chi connectivity index (χ2v) is 12.9. The van der Waals surface area contributed by atoms with Crippen LogP contribution in [0.25, 0.3) is 32.8 Å². The van der Waals surface area contributed by atoms with E-state index in [9.17, 15) is 9.50 Å². The normalized spacial score (nSPS) is 26.7. The van der Waals surface area contributed by atoms with Crippen molar-refractivity contribution >= 4 is 27.5 Å². The number of phenols is 1. The first-order valence-electron chi connectivity index (χ1n) is 15.3. The number of alkyl halides is 1. The van der Waals surface area contributed by atoms with Crippen molar-refractivity contribution in [1.29, 1.82) is 0 Å². The summed E-state index contributed by atoms with van der Waals surface area (Å²) in [6.45, 7) is 3.85. The van der Waals surface area contributed by atoms with Crippen LogP contribution in [0.15, 0.2) is 30.3 Å². The SMILES string of the molecule is Cc1c(-c2cc(O)cc3cccc(F)c23)c(F)c2nc(OC[C@@]34CCCN3C[C@H](F)C4)nc(N3CC4CCC(C3)N4)c2c1F. The molecule has 3 aromatic carbocycles. The zero-order valence-corrected chi connectivity index (χ0v) is 24.3. The van der Waals surface area contributed by atoms with Crippen molar-refractivity contribution in [1.82, 2.24) is 20.2 Å². The molecule has 0 radical (unpaired) electrons. The van der Waals surface area contributed by atoms with E-state index in [4.69, 9.17) is 4.74 Å². The van der Waals surface area contributed by atoms with E-state index in [2.05, 4.69) is 20.2 Å². The zero-order chi connectivity index (χ0) is 30.3. The van der Waals surface area contributed by atoms with Gasteiger partial charge in [0.25, 0.3) is 0 Å². The standard InChI is InChI=1S/C33H33F4N5O2/c1-17-25(23-11-22(43)10-18-4-2-5-24(35)26(18)23)29(37)30-27(28(17)36)31(41-14-20-6-7-21(15-41)38-20)40-32(39-30)44-16-33-8-3-9-42(33)13-19(34)12-33/h2,4-5,10-11,19-21,38,43H,3,6-9,12-16H2,1H3/t19-,20?,21?,33+/m1/s1. The van der Waals surface area contributed by atoms with Crippen LogP contribution in [0.4, 0.5) is 23.4 Å². The number of fused-ring (bicyclic) bond motifs is 5. The maximum atomic E-state index is 16.9. The smallest absolute Gasteiger partial charge is 0.319 e. The van der Waals surface area contributed by atoms with Crippen LogP contribution in [0, 0.1) is 24.4 Å². The molecule has 5 heterocycles. The number of anilines is 1. The summed E-state index contributed by atoms with van der Waals surface area (Å²) in [5.41, 5.74) is -0.961. The first kappa shape index (κ1) is 27.8. The van der Waals surface area contributed by atoms with Crippen molar-refractivity contribution in [3.05, 3.63) is 53.3 Å². The van der Waals surface area contributed by atoms with Gasteiger partial charge in [0.15, 0.2) is 5.82 Å². The molecule has 7 nitrogen and oxygen atoms in total. The number of nitrogens with zero attached hydrogens (tertiary/aromatic N) is 4. The van der Waals surface area contributed by atoms with E-state index in [0.29, 0.717) is 31.4 Å². The molecule has 0 saturated carbocycles. The van der Waals surface area contributed by atoms with E-state index in [-0.39, 0.29) is 69.2 Å². The highest BCUT2D eigenvalue weighted by atomic mass is 19.1. The van der Waals surface area contributed by atoms with E-state index in [0.717, 1.165) is 32.2 Å². The maximum Gasteiger partial charge on any atom is 0.319 e. The van der Waals surface area contributed by atoms with E-state index in [1.807, 2.05) is 4.90 Å². The molecular formula is C33H33F4N5O2. The summed E-state index contributed by atoms with van der Waals surface area (Å²) in [4.78, 5) is 13.2. The molecule has 0 aliphatic carbocycles. The summed E-state index contributed by atoms with van der Waals surface area (Å²) in [7, 11) is 0. The minimum absolute atomic E-state index is 0.0252. The molecule has 0 spiro atoms. The molecule has 0 amide bonds. The lowest BCUT2D eigenvalue weighted by atomic mass is 9.92. The zero-order valence-electron chi connectivity index (χ0n) is 24.3. The van der Waals surface area contributed by atoms with Crippen molar-refractivity contribution in [2.45, 2.75) is 62.8 Å². The number of piperazine rings is 1. The summed E-state index contributed by atoms with van der Waals surface area (Å²) in [5, 5.41) is 14.4. The average Bonchev–Trinajstić information content (AvgIpc) is 3.64. The first-order valence-corrected chi connectivity index (χ1v) is 15.3. The van der Waals surface area contributed by atoms with Crippen molar-refractivity contribution in [2.75, 3.05) is 37.7 Å². The molecule has 44 heavy (non-hydrogen) atoms. The van der Waals surface area contributed by atoms with Gasteiger partial charge in [-0.2, -0.15) is 9.97 Å². The third kappa shape index (κ3) is 4.30. The number of hydrogen-bond acceptors (Lipinski definition) is 7. The molecular weight excluding hydrogens is 574 g/mol. The lowest BCUT2D eigenvalue weighted by molar-refractivity contribution is 0.107. The fourth-order valence-electron chi connectivity index (χ4n) is 8.16. The Morgan fingerprint density at radius 2 is 1.84 bits per heavy atom. The third-order valence-corrected chi connectivity index (χ3v) is 10.1. The lowest BCUT2D eigenvalue weighted by Crippen LogP contribution is -2.51. The quantitative estimate of drug-likeness (QED) is 0.279. The predicted molar refractivity (Wildman–Crippen MR) is 159 cm³/mol. The van der Waals surface area contributed by atoms with Crippen molar-refractivity contribution in [3.63, 3.8) is 0 Å². The molecule has 8 rings (SSSR count). The van der Waals surface area contributed by atoms with Gasteiger partial charge in [0.05, 0.1) is 10.9 Å². The molecule has 2 unspecified atom stereocenters. The molecule has 4 atom stereocenters. The molecule has 4 aromatic rings. The van der Waals surface area contributed by atoms with Gasteiger partial charge in [-0.15, -0.1) is 0 Å². The van der Waals surface area contributed by atoms with Crippen LogP contribution >= 0.6 is 0 Å². The number of aromatic hydroxyl groups is 1. The third-order valence-electron chi connectivity index (χ3n) is 10.1. The number of benzene rings is 3. The van der Waals surface area contributed by atoms with Crippen LogP contribution in [-0.2, 0) is 0 Å². The minimum atomic E-state index is -0.946. The van der Waals surface area contributed by atoms with Crippen molar-refractivity contribution in [3.8, 4) is 22.9 Å². The van der Waals surface area contributed by atoms with Gasteiger partial charge in [0, 0.05) is 49.1 Å². The molecule has 2 N–H and O–H groups in total. The Hall–Kier alpha value is -3.70. The van der Waals surface area contributed by atoms with E-state index in [1.165, 1.54) is 31.2 Å². The van der Waals surface area contributed by atoms with Gasteiger partial charge in [-0.05, 0) is 73.9 Å². The minimum Gasteiger partial charge on any atom is -0.508 e. The van der Waals surface area contributed by atoms with Crippen LogP contribution in [0.5, 0.6) is 11.8 Å². The molecule has 4 aliphatic heterocycles. The Bertz CT molecular complexity index is 1810. The average molecular weight is 608 g/mol. The first-order chi connectivity index (χ1) is 21.2. The second kappa shape index (κ2) is 10.2. The lowest BCUT2D eigenvalue weighted by Gasteiger charge is -2.35. The van der Waals surface area contributed by atoms with Gasteiger partial charge >= 0.3 is 6.01 Å². The maximum absolute atomic E-state index is 16.9. The summed E-state index contributed by atoms with van der Waals surface area (Å²) in [6, 6.07) is 7.26. The number of aromatic nitrogens is 2. The van der Waals surface area contributed by atoms with Crippen LogP contribution in [0.3, 0.4) is 0 Å². The van der Waals surface area contributed by atoms with Crippen LogP contribution in [0.2, 0.25) is 0 Å². The van der Waals surface area contributed by atoms with Crippen molar-refractivity contribution in [2.24, 2.45) is 0 Å². The Kier molecular flexibility index (Phi) is 6.43. The summed E-state index contributed by atoms with van der Waals surface area (Å²) in [6.07, 6.45) is 3.06. The van der Waals surface area contributed by atoms with Crippen LogP contribution in [-0.4, -0.2) is 76.6 Å². The number of ether oxygens (including phenoxy) is 1. The summed E-state index contributed by atoms with van der Waals surface area (Å²) < 4.78 is 69.3. The number of rotatable bonds is 5. The monoisotopic (exact) mass is 607 g/mol. The van der Waals surface area contributed by atoms with E-state index >= 15 is 13.2 Å². The predicted octanol–water partition coefficient (Wildman–Crippen LogP) is 5.78.